The highest BCUT2D eigenvalue weighted by Crippen LogP contribution is 2.27. The fourth-order valence-electron chi connectivity index (χ4n) is 2.73. The number of carbonyl (C=O) groups excluding carboxylic acids is 3. The molecule has 1 aliphatic heterocycles. The van der Waals surface area contributed by atoms with E-state index in [9.17, 15) is 14.4 Å². The van der Waals surface area contributed by atoms with Gasteiger partial charge in [0, 0.05) is 12.2 Å². The number of halogens is 1. The van der Waals surface area contributed by atoms with Crippen LogP contribution in [0.4, 0.5) is 10.5 Å². The molecule has 0 spiro atoms. The number of hydrogen-bond acceptors (Lipinski definition) is 4. The Labute approximate surface area is 176 Å². The standard InChI is InChI=1S/C21H20BrN3O4/c1-3-25-20(27)17(24-21(25)28)11-14-6-9-18(16(22)10-14)29-12-19(26)23-15-7-4-13(2)5-8-15/h4-11H,3,12H2,1-2H3,(H,23,26)(H,24,28)/b17-11+. The van der Waals surface area contributed by atoms with Crippen LogP contribution in [-0.2, 0) is 9.59 Å². The zero-order valence-corrected chi connectivity index (χ0v) is 17.6. The molecule has 0 unspecified atom stereocenters. The second kappa shape index (κ2) is 8.91. The molecule has 2 N–H and O–H groups in total. The Morgan fingerprint density at radius 1 is 1.21 bits per heavy atom. The Morgan fingerprint density at radius 3 is 2.55 bits per heavy atom. The fraction of sp³-hybridized carbons (Fsp3) is 0.190. The number of benzene rings is 2. The van der Waals surface area contributed by atoms with Crippen LogP contribution in [0.3, 0.4) is 0 Å². The molecule has 1 heterocycles. The number of ether oxygens (including phenoxy) is 1. The molecule has 0 atom stereocenters. The number of nitrogens with zero attached hydrogens (tertiary/aromatic N) is 1. The van der Waals surface area contributed by atoms with E-state index >= 15 is 0 Å². The van der Waals surface area contributed by atoms with E-state index in [1.165, 1.54) is 0 Å². The summed E-state index contributed by atoms with van der Waals surface area (Å²) in [5.74, 6) is -0.143. The molecule has 29 heavy (non-hydrogen) atoms. The van der Waals surface area contributed by atoms with E-state index in [-0.39, 0.29) is 24.1 Å². The minimum absolute atomic E-state index is 0.146. The normalized spacial score (nSPS) is 14.9. The average Bonchev–Trinajstić information content (AvgIpc) is 2.95. The third-order valence-electron chi connectivity index (χ3n) is 4.24. The number of nitrogens with one attached hydrogen (secondary N) is 2. The predicted octanol–water partition coefficient (Wildman–Crippen LogP) is 3.69. The maximum Gasteiger partial charge on any atom is 0.328 e. The molecule has 0 aliphatic carbocycles. The summed E-state index contributed by atoms with van der Waals surface area (Å²) in [5, 5.41) is 5.32. The molecule has 0 saturated carbocycles. The summed E-state index contributed by atoms with van der Waals surface area (Å²) in [6.07, 6.45) is 1.59. The van der Waals surface area contributed by atoms with Gasteiger partial charge in [-0.25, -0.2) is 4.79 Å². The lowest BCUT2D eigenvalue weighted by atomic mass is 10.2. The number of rotatable bonds is 6. The molecule has 8 heteroatoms. The third-order valence-corrected chi connectivity index (χ3v) is 4.86. The van der Waals surface area contributed by atoms with Crippen molar-refractivity contribution in [2.24, 2.45) is 0 Å². The van der Waals surface area contributed by atoms with Crippen molar-refractivity contribution in [2.45, 2.75) is 13.8 Å². The Kier molecular flexibility index (Phi) is 6.33. The van der Waals surface area contributed by atoms with Gasteiger partial charge in [-0.2, -0.15) is 0 Å². The van der Waals surface area contributed by atoms with E-state index in [1.807, 2.05) is 31.2 Å². The summed E-state index contributed by atoms with van der Waals surface area (Å²) >= 11 is 3.41. The van der Waals surface area contributed by atoms with Crippen molar-refractivity contribution in [3.05, 3.63) is 63.8 Å². The number of likely N-dealkylation sites (N-methyl/N-ethyl adjacent to an activating group) is 1. The van der Waals surface area contributed by atoms with Gasteiger partial charge in [-0.05, 0) is 65.7 Å². The molecule has 2 aromatic rings. The Morgan fingerprint density at radius 2 is 1.93 bits per heavy atom. The van der Waals surface area contributed by atoms with Crippen LogP contribution in [0.2, 0.25) is 0 Å². The Bertz CT molecular complexity index is 986. The predicted molar refractivity (Wildman–Crippen MR) is 113 cm³/mol. The molecule has 0 aromatic heterocycles. The highest BCUT2D eigenvalue weighted by Gasteiger charge is 2.31. The van der Waals surface area contributed by atoms with E-state index in [1.54, 1.807) is 31.2 Å². The van der Waals surface area contributed by atoms with Gasteiger partial charge in [0.2, 0.25) is 0 Å². The van der Waals surface area contributed by atoms with E-state index in [2.05, 4.69) is 26.6 Å². The van der Waals surface area contributed by atoms with E-state index in [4.69, 9.17) is 4.74 Å². The molecule has 4 amide bonds. The summed E-state index contributed by atoms with van der Waals surface area (Å²) in [7, 11) is 0. The maximum atomic E-state index is 12.1. The van der Waals surface area contributed by atoms with Crippen LogP contribution in [-0.4, -0.2) is 35.9 Å². The van der Waals surface area contributed by atoms with Gasteiger partial charge in [-0.1, -0.05) is 23.8 Å². The zero-order chi connectivity index (χ0) is 21.0. The largest absolute Gasteiger partial charge is 0.483 e. The monoisotopic (exact) mass is 457 g/mol. The molecule has 3 rings (SSSR count). The number of carbonyl (C=O) groups is 3. The van der Waals surface area contributed by atoms with Crippen LogP contribution in [0.25, 0.3) is 6.08 Å². The molecule has 0 radical (unpaired) electrons. The van der Waals surface area contributed by atoms with Gasteiger partial charge < -0.3 is 15.4 Å². The van der Waals surface area contributed by atoms with Crippen molar-refractivity contribution in [2.75, 3.05) is 18.5 Å². The lowest BCUT2D eigenvalue weighted by Gasteiger charge is -2.10. The smallest absolute Gasteiger partial charge is 0.328 e. The zero-order valence-electron chi connectivity index (χ0n) is 16.0. The van der Waals surface area contributed by atoms with Crippen LogP contribution in [0, 0.1) is 6.92 Å². The number of anilines is 1. The second-order valence-electron chi connectivity index (χ2n) is 6.43. The summed E-state index contributed by atoms with van der Waals surface area (Å²) in [6.45, 7) is 3.87. The summed E-state index contributed by atoms with van der Waals surface area (Å²) in [6, 6.07) is 12.2. The summed E-state index contributed by atoms with van der Waals surface area (Å²) in [5.41, 5.74) is 2.74. The molecule has 0 bridgehead atoms. The minimum atomic E-state index is -0.428. The molecule has 2 aromatic carbocycles. The van der Waals surface area contributed by atoms with E-state index < -0.39 is 6.03 Å². The second-order valence-corrected chi connectivity index (χ2v) is 7.28. The third kappa shape index (κ3) is 5.03. The van der Waals surface area contributed by atoms with Gasteiger partial charge in [-0.15, -0.1) is 0 Å². The first-order valence-electron chi connectivity index (χ1n) is 9.01. The molecular weight excluding hydrogens is 438 g/mol. The van der Waals surface area contributed by atoms with Gasteiger partial charge in [0.15, 0.2) is 6.61 Å². The van der Waals surface area contributed by atoms with Crippen LogP contribution in [0.5, 0.6) is 5.75 Å². The van der Waals surface area contributed by atoms with Crippen molar-refractivity contribution < 1.29 is 19.1 Å². The van der Waals surface area contributed by atoms with Crippen molar-refractivity contribution >= 4 is 45.5 Å². The summed E-state index contributed by atoms with van der Waals surface area (Å²) in [4.78, 5) is 37.1. The Hall–Kier alpha value is -3.13. The van der Waals surface area contributed by atoms with Crippen molar-refractivity contribution in [1.29, 1.82) is 0 Å². The first kappa shape index (κ1) is 20.6. The van der Waals surface area contributed by atoms with E-state index in [0.29, 0.717) is 28.0 Å². The molecule has 1 aliphatic rings. The van der Waals surface area contributed by atoms with Gasteiger partial charge in [0.25, 0.3) is 11.8 Å². The first-order valence-corrected chi connectivity index (χ1v) is 9.80. The first-order chi connectivity index (χ1) is 13.9. The fourth-order valence-corrected chi connectivity index (χ4v) is 3.24. The van der Waals surface area contributed by atoms with Crippen molar-refractivity contribution in [3.8, 4) is 5.75 Å². The topological polar surface area (TPSA) is 87.7 Å². The van der Waals surface area contributed by atoms with Gasteiger partial charge in [0.05, 0.1) is 4.47 Å². The molecule has 1 fully saturated rings. The highest BCUT2D eigenvalue weighted by atomic mass is 79.9. The quantitative estimate of drug-likeness (QED) is 0.511. The molecule has 7 nitrogen and oxygen atoms in total. The maximum absolute atomic E-state index is 12.1. The number of urea groups is 1. The van der Waals surface area contributed by atoms with Gasteiger partial charge >= 0.3 is 6.03 Å². The van der Waals surface area contributed by atoms with Gasteiger partial charge in [0.1, 0.15) is 11.4 Å². The molecular formula is C21H20BrN3O4. The SMILES string of the molecule is CCN1C(=O)N/C(=C/c2ccc(OCC(=O)Nc3ccc(C)cc3)c(Br)c2)C1=O. The number of aryl methyl sites for hydroxylation is 1. The number of hydrogen-bond donors (Lipinski definition) is 2. The highest BCUT2D eigenvalue weighted by molar-refractivity contribution is 9.10. The van der Waals surface area contributed by atoms with Gasteiger partial charge in [-0.3, -0.25) is 14.5 Å². The van der Waals surface area contributed by atoms with Crippen LogP contribution < -0.4 is 15.4 Å². The average molecular weight is 458 g/mol. The summed E-state index contributed by atoms with van der Waals surface area (Å²) < 4.78 is 6.19. The molecule has 1 saturated heterocycles. The lowest BCUT2D eigenvalue weighted by Crippen LogP contribution is -2.30. The minimum Gasteiger partial charge on any atom is -0.483 e. The van der Waals surface area contributed by atoms with E-state index in [0.717, 1.165) is 10.5 Å². The lowest BCUT2D eigenvalue weighted by molar-refractivity contribution is -0.122. The Balaban J connectivity index is 1.62. The number of amides is 4. The van der Waals surface area contributed by atoms with Crippen LogP contribution in [0.1, 0.15) is 18.1 Å². The van der Waals surface area contributed by atoms with Crippen LogP contribution >= 0.6 is 15.9 Å². The molecule has 150 valence electrons. The van der Waals surface area contributed by atoms with Crippen molar-refractivity contribution in [3.63, 3.8) is 0 Å². The number of imide groups is 1. The van der Waals surface area contributed by atoms with Crippen molar-refractivity contribution in [1.82, 2.24) is 10.2 Å². The van der Waals surface area contributed by atoms with Crippen LogP contribution in [0.15, 0.2) is 52.6 Å².